The van der Waals surface area contributed by atoms with Crippen molar-refractivity contribution in [2.75, 3.05) is 12.4 Å². The maximum atomic E-state index is 14.0. The molecule has 34 heavy (non-hydrogen) atoms. The van der Waals surface area contributed by atoms with Crippen LogP contribution in [0.1, 0.15) is 75.2 Å². The van der Waals surface area contributed by atoms with E-state index >= 15 is 0 Å². The van der Waals surface area contributed by atoms with Crippen LogP contribution in [-0.2, 0) is 10.9 Å². The van der Waals surface area contributed by atoms with E-state index in [4.69, 9.17) is 4.74 Å². The monoisotopic (exact) mass is 585 g/mol. The van der Waals surface area contributed by atoms with Crippen molar-refractivity contribution < 1.29 is 22.7 Å². The number of alkyl halides is 3. The van der Waals surface area contributed by atoms with Gasteiger partial charge in [-0.2, -0.15) is 0 Å². The summed E-state index contributed by atoms with van der Waals surface area (Å²) in [5, 5.41) is 3.11. The van der Waals surface area contributed by atoms with Crippen molar-refractivity contribution in [1.82, 2.24) is 0 Å². The van der Waals surface area contributed by atoms with Crippen LogP contribution in [0.5, 0.6) is 0 Å². The van der Waals surface area contributed by atoms with E-state index in [-0.39, 0.29) is 0 Å². The zero-order chi connectivity index (χ0) is 25.2. The number of hydrogen-bond donors (Lipinski definition) is 1. The molecule has 2 aromatic rings. The van der Waals surface area contributed by atoms with Crippen LogP contribution in [0, 0.1) is 0 Å². The molecule has 2 aromatic carbocycles. The molecule has 0 bridgehead atoms. The summed E-state index contributed by atoms with van der Waals surface area (Å²) in [5.74, 6) is -0.530. The van der Waals surface area contributed by atoms with Gasteiger partial charge in [0, 0.05) is 0 Å². The molecular weight excluding hydrogens is 546 g/mol. The van der Waals surface area contributed by atoms with E-state index < -0.39 is 36.1 Å². The van der Waals surface area contributed by atoms with E-state index in [1.165, 1.54) is 13.2 Å². The van der Waals surface area contributed by atoms with Gasteiger partial charge in [-0.05, 0) is 0 Å². The number of ether oxygens (including phenoxy) is 1. The van der Waals surface area contributed by atoms with Crippen molar-refractivity contribution in [1.29, 1.82) is 0 Å². The minimum absolute atomic E-state index is 0.293. The summed E-state index contributed by atoms with van der Waals surface area (Å²) in [6.45, 7) is 6.46. The van der Waals surface area contributed by atoms with E-state index in [0.717, 1.165) is 61.5 Å². The van der Waals surface area contributed by atoms with Crippen LogP contribution >= 0.6 is 0 Å². The normalized spacial score (nSPS) is 12.0. The predicted molar refractivity (Wildman–Crippen MR) is 137 cm³/mol. The zero-order valence-electron chi connectivity index (χ0n) is 20.9. The van der Waals surface area contributed by atoms with E-state index in [1.54, 1.807) is 24.3 Å². The summed E-state index contributed by atoms with van der Waals surface area (Å²) in [6, 6.07) is 11.3. The van der Waals surface area contributed by atoms with Crippen molar-refractivity contribution in [2.24, 2.45) is 0 Å². The average Bonchev–Trinajstić information content (AvgIpc) is 2.83. The molecule has 0 amide bonds. The van der Waals surface area contributed by atoms with Gasteiger partial charge in [0.05, 0.1) is 0 Å². The van der Waals surface area contributed by atoms with Crippen molar-refractivity contribution >= 4 is 39.3 Å². The molecule has 0 saturated heterocycles. The summed E-state index contributed by atoms with van der Waals surface area (Å²) in [7, 11) is 1.29. The zero-order valence-corrected chi connectivity index (χ0v) is 23.7. The Morgan fingerprint density at radius 1 is 0.912 bits per heavy atom. The number of unbranched alkanes of at least 4 members (excludes halogenated alkanes) is 3. The molecule has 1 N–H and O–H groups in total. The number of hydrogen-bond acceptors (Lipinski definition) is 3. The fourth-order valence-corrected chi connectivity index (χ4v) is 20.6. The number of benzene rings is 2. The van der Waals surface area contributed by atoms with Crippen LogP contribution in [0.25, 0.3) is 0 Å². The van der Waals surface area contributed by atoms with Crippen LogP contribution in [-0.4, -0.2) is 31.5 Å². The van der Waals surface area contributed by atoms with Gasteiger partial charge in [-0.1, -0.05) is 0 Å². The van der Waals surface area contributed by atoms with Gasteiger partial charge in [0.1, 0.15) is 0 Å². The van der Waals surface area contributed by atoms with Gasteiger partial charge in [-0.3, -0.25) is 0 Å². The van der Waals surface area contributed by atoms with Crippen LogP contribution in [0.3, 0.4) is 0 Å². The van der Waals surface area contributed by atoms with E-state index in [9.17, 15) is 18.0 Å². The number of rotatable bonds is 13. The fraction of sp³-hybridized carbons (Fsp3) is 0.519. The van der Waals surface area contributed by atoms with Crippen molar-refractivity contribution in [3.05, 3.63) is 53.6 Å². The number of esters is 1. The minimum atomic E-state index is -4.44. The number of halogens is 3. The molecule has 0 unspecified atom stereocenters. The third-order valence-electron chi connectivity index (χ3n) is 6.51. The molecular formula is C27H38F3NO2Sn. The summed E-state index contributed by atoms with van der Waals surface area (Å²) in [5.41, 5.74) is 0.498. The molecule has 0 aliphatic rings. The summed E-state index contributed by atoms with van der Waals surface area (Å²) in [4.78, 5) is 12.2. The second-order valence-corrected chi connectivity index (χ2v) is 22.3. The summed E-state index contributed by atoms with van der Waals surface area (Å²) >= 11 is -3.12. The third kappa shape index (κ3) is 7.65. The predicted octanol–water partition coefficient (Wildman–Crippen LogP) is 8.29. The summed E-state index contributed by atoms with van der Waals surface area (Å²) in [6.07, 6.45) is 1.90. The van der Waals surface area contributed by atoms with E-state index in [1.807, 2.05) is 6.07 Å². The molecule has 2 rings (SSSR count). The first-order valence-corrected chi connectivity index (χ1v) is 19.9. The topological polar surface area (TPSA) is 38.3 Å². The second-order valence-electron chi connectivity index (χ2n) is 9.05. The Kier molecular flexibility index (Phi) is 11.2. The Morgan fingerprint density at radius 3 is 1.97 bits per heavy atom. The number of carbonyl (C=O) groups is 1. The van der Waals surface area contributed by atoms with Gasteiger partial charge >= 0.3 is 207 Å². The Balaban J connectivity index is 2.64. The Hall–Kier alpha value is -1.70. The first-order valence-electron chi connectivity index (χ1n) is 12.4. The van der Waals surface area contributed by atoms with Crippen LogP contribution in [0.15, 0.2) is 42.5 Å². The van der Waals surface area contributed by atoms with Crippen molar-refractivity contribution in [2.45, 2.75) is 78.8 Å². The molecule has 188 valence electrons. The van der Waals surface area contributed by atoms with E-state index in [2.05, 4.69) is 26.1 Å². The Bertz CT molecular complexity index is 909. The first-order chi connectivity index (χ1) is 16.2. The molecule has 7 heteroatoms. The molecule has 0 spiro atoms. The van der Waals surface area contributed by atoms with Gasteiger partial charge < -0.3 is 0 Å². The molecule has 0 atom stereocenters. The van der Waals surface area contributed by atoms with E-state index in [0.29, 0.717) is 16.9 Å². The number of carbonyl (C=O) groups excluding carboxylic acids is 1. The Morgan fingerprint density at radius 2 is 1.47 bits per heavy atom. The van der Waals surface area contributed by atoms with Crippen LogP contribution in [0.4, 0.5) is 24.5 Å². The number of methoxy groups -OCH3 is 1. The first kappa shape index (κ1) is 28.5. The third-order valence-corrected chi connectivity index (χ3v) is 22.1. The van der Waals surface area contributed by atoms with Gasteiger partial charge in [-0.25, -0.2) is 0 Å². The molecule has 0 fully saturated rings. The molecule has 3 nitrogen and oxygen atoms in total. The quantitative estimate of drug-likeness (QED) is 0.190. The average molecular weight is 584 g/mol. The van der Waals surface area contributed by atoms with Gasteiger partial charge in [0.25, 0.3) is 0 Å². The van der Waals surface area contributed by atoms with Crippen molar-refractivity contribution in [3.8, 4) is 0 Å². The summed E-state index contributed by atoms with van der Waals surface area (Å²) < 4.78 is 51.1. The fourth-order valence-electron chi connectivity index (χ4n) is 4.56. The van der Waals surface area contributed by atoms with Crippen LogP contribution < -0.4 is 8.90 Å². The molecule has 0 aromatic heterocycles. The molecule has 0 aliphatic carbocycles. The van der Waals surface area contributed by atoms with Gasteiger partial charge in [0.2, 0.25) is 0 Å². The number of nitrogens with one attached hydrogen (secondary N) is 1. The molecule has 0 saturated carbocycles. The number of para-hydroxylation sites is 1. The maximum absolute atomic E-state index is 14.0. The molecule has 0 radical (unpaired) electrons. The second kappa shape index (κ2) is 13.4. The molecule has 0 heterocycles. The van der Waals surface area contributed by atoms with Crippen LogP contribution in [0.2, 0.25) is 13.3 Å². The number of anilines is 2. The standard InChI is InChI=1S/C15H11F3NO2.3C4H9.Sn/c1-21-14(20)12-7-2-3-8-13(12)19-11-6-4-5-10(9-11)15(16,17)18;3*1-3-4-2;/h2-3,5-9,19H,1H3;3*1,3-4H2,2H3;. The Labute approximate surface area is 206 Å². The SMILES string of the molecule is CCC[CH2][Sn]([CH2]CCC)([CH2]CCC)[c]1cc(Nc2ccccc2C(=O)OC)cc(C(F)(F)F)c1. The van der Waals surface area contributed by atoms with Crippen molar-refractivity contribution in [3.63, 3.8) is 0 Å². The van der Waals surface area contributed by atoms with Gasteiger partial charge in [-0.15, -0.1) is 0 Å². The van der Waals surface area contributed by atoms with Gasteiger partial charge in [0.15, 0.2) is 0 Å². The molecule has 0 aliphatic heterocycles.